The quantitative estimate of drug-likeness (QED) is 0.580. The maximum atomic E-state index is 5.84. The molecule has 0 unspecified atom stereocenters. The molecule has 144 valence electrons. The summed E-state index contributed by atoms with van der Waals surface area (Å²) in [5, 5.41) is 9.46. The molecule has 1 saturated heterocycles. The molecule has 0 atom stereocenters. The van der Waals surface area contributed by atoms with Gasteiger partial charge >= 0.3 is 0 Å². The lowest BCUT2D eigenvalue weighted by Crippen LogP contribution is -2.36. The summed E-state index contributed by atoms with van der Waals surface area (Å²) in [4.78, 5) is 11.3. The number of hydrogen-bond donors (Lipinski definition) is 1. The first kappa shape index (κ1) is 17.5. The second-order valence-electron chi connectivity index (χ2n) is 6.89. The lowest BCUT2D eigenvalue weighted by atomic mass is 10.0. The van der Waals surface area contributed by atoms with E-state index in [9.17, 15) is 0 Å². The number of nitrogens with two attached hydrogens (primary N) is 1. The number of morpholine rings is 1. The fraction of sp³-hybridized carbons (Fsp3) is 0.182. The molecule has 2 aromatic heterocycles. The minimum Gasteiger partial charge on any atom is -0.378 e. The van der Waals surface area contributed by atoms with Gasteiger partial charge in [0.1, 0.15) is 11.4 Å². The van der Waals surface area contributed by atoms with Gasteiger partial charge in [-0.2, -0.15) is 0 Å². The Morgan fingerprint density at radius 3 is 2.52 bits per heavy atom. The van der Waals surface area contributed by atoms with Crippen molar-refractivity contribution < 1.29 is 4.74 Å². The number of benzene rings is 2. The molecule has 1 aliphatic heterocycles. The van der Waals surface area contributed by atoms with Crippen LogP contribution in [0.25, 0.3) is 33.4 Å². The summed E-state index contributed by atoms with van der Waals surface area (Å²) in [6.45, 7) is 3.19. The molecule has 7 heteroatoms. The van der Waals surface area contributed by atoms with Gasteiger partial charge in [0.05, 0.1) is 18.7 Å². The normalized spacial score (nSPS) is 14.3. The standard InChI is InChI=1S/C22H20N6O/c23-22-25-20(15-4-2-1-3-5-15)21(26-27-22)16-6-7-18-17(14-16)19(8-9-24-18)28-10-12-29-13-11-28/h1-9,14H,10-13H2,(H2,23,25,27). The lowest BCUT2D eigenvalue weighted by Gasteiger charge is -2.29. The molecule has 0 amide bonds. The Kier molecular flexibility index (Phi) is 4.50. The first-order chi connectivity index (χ1) is 14.3. The monoisotopic (exact) mass is 384 g/mol. The summed E-state index contributed by atoms with van der Waals surface area (Å²) in [5.41, 5.74) is 11.2. The number of rotatable bonds is 3. The van der Waals surface area contributed by atoms with E-state index < -0.39 is 0 Å². The van der Waals surface area contributed by atoms with E-state index in [2.05, 4.69) is 37.2 Å². The van der Waals surface area contributed by atoms with Crippen LogP contribution in [0.3, 0.4) is 0 Å². The van der Waals surface area contributed by atoms with Crippen LogP contribution >= 0.6 is 0 Å². The number of nitrogen functional groups attached to an aromatic ring is 1. The topological polar surface area (TPSA) is 90.0 Å². The smallest absolute Gasteiger partial charge is 0.240 e. The van der Waals surface area contributed by atoms with E-state index in [0.29, 0.717) is 11.4 Å². The molecule has 0 radical (unpaired) electrons. The minimum atomic E-state index is 0.157. The molecule has 5 rings (SSSR count). The summed E-state index contributed by atoms with van der Waals surface area (Å²) in [6, 6.07) is 18.1. The third-order valence-electron chi connectivity index (χ3n) is 5.09. The molecule has 0 spiro atoms. The van der Waals surface area contributed by atoms with Crippen molar-refractivity contribution in [1.29, 1.82) is 0 Å². The van der Waals surface area contributed by atoms with E-state index in [1.54, 1.807) is 0 Å². The van der Waals surface area contributed by atoms with Gasteiger partial charge in [0.15, 0.2) is 0 Å². The zero-order chi connectivity index (χ0) is 19.6. The van der Waals surface area contributed by atoms with Crippen molar-refractivity contribution in [2.24, 2.45) is 0 Å². The Labute approximate surface area is 168 Å². The predicted molar refractivity (Wildman–Crippen MR) is 113 cm³/mol. The maximum Gasteiger partial charge on any atom is 0.240 e. The number of anilines is 2. The first-order valence-corrected chi connectivity index (χ1v) is 9.57. The third-order valence-corrected chi connectivity index (χ3v) is 5.09. The highest BCUT2D eigenvalue weighted by atomic mass is 16.5. The zero-order valence-corrected chi connectivity index (χ0v) is 15.8. The van der Waals surface area contributed by atoms with Crippen molar-refractivity contribution in [3.8, 4) is 22.5 Å². The van der Waals surface area contributed by atoms with Crippen LogP contribution in [-0.4, -0.2) is 46.5 Å². The van der Waals surface area contributed by atoms with Crippen molar-refractivity contribution in [2.45, 2.75) is 0 Å². The number of ether oxygens (including phenoxy) is 1. The highest BCUT2D eigenvalue weighted by molar-refractivity contribution is 5.95. The summed E-state index contributed by atoms with van der Waals surface area (Å²) in [6.07, 6.45) is 1.85. The van der Waals surface area contributed by atoms with E-state index in [-0.39, 0.29) is 5.95 Å². The van der Waals surface area contributed by atoms with E-state index in [4.69, 9.17) is 10.5 Å². The number of nitrogens with zero attached hydrogens (tertiary/aromatic N) is 5. The van der Waals surface area contributed by atoms with Crippen LogP contribution in [0.1, 0.15) is 0 Å². The van der Waals surface area contributed by atoms with Crippen LogP contribution in [0.4, 0.5) is 11.6 Å². The van der Waals surface area contributed by atoms with Gasteiger partial charge < -0.3 is 15.4 Å². The van der Waals surface area contributed by atoms with Crippen LogP contribution in [0.15, 0.2) is 60.8 Å². The van der Waals surface area contributed by atoms with Crippen LogP contribution in [0, 0.1) is 0 Å². The molecular weight excluding hydrogens is 364 g/mol. The molecule has 2 aromatic carbocycles. The maximum absolute atomic E-state index is 5.84. The largest absolute Gasteiger partial charge is 0.378 e. The molecular formula is C22H20N6O. The SMILES string of the molecule is Nc1nnc(-c2ccc3nccc(N4CCOCC4)c3c2)c(-c2ccccc2)n1. The second kappa shape index (κ2) is 7.44. The molecule has 3 heterocycles. The first-order valence-electron chi connectivity index (χ1n) is 9.57. The van der Waals surface area contributed by atoms with Gasteiger partial charge in [-0.1, -0.05) is 36.4 Å². The third kappa shape index (κ3) is 3.36. The van der Waals surface area contributed by atoms with Crippen LogP contribution in [0.5, 0.6) is 0 Å². The van der Waals surface area contributed by atoms with Crippen molar-refractivity contribution >= 4 is 22.5 Å². The van der Waals surface area contributed by atoms with E-state index >= 15 is 0 Å². The van der Waals surface area contributed by atoms with Crippen LogP contribution in [0.2, 0.25) is 0 Å². The molecule has 1 aliphatic rings. The van der Waals surface area contributed by atoms with Crippen molar-refractivity contribution in [3.63, 3.8) is 0 Å². The molecule has 2 N–H and O–H groups in total. The molecule has 29 heavy (non-hydrogen) atoms. The molecule has 7 nitrogen and oxygen atoms in total. The Hall–Kier alpha value is -3.58. The number of hydrogen-bond acceptors (Lipinski definition) is 7. The van der Waals surface area contributed by atoms with Gasteiger partial charge in [-0.15, -0.1) is 10.2 Å². The van der Waals surface area contributed by atoms with E-state index in [1.165, 1.54) is 0 Å². The van der Waals surface area contributed by atoms with E-state index in [1.807, 2.05) is 48.7 Å². The zero-order valence-electron chi connectivity index (χ0n) is 15.8. The lowest BCUT2D eigenvalue weighted by molar-refractivity contribution is 0.123. The van der Waals surface area contributed by atoms with Crippen molar-refractivity contribution in [2.75, 3.05) is 36.9 Å². The minimum absolute atomic E-state index is 0.157. The molecule has 0 aliphatic carbocycles. The predicted octanol–water partition coefficient (Wildman–Crippen LogP) is 3.17. The van der Waals surface area contributed by atoms with Crippen molar-refractivity contribution in [3.05, 3.63) is 60.8 Å². The van der Waals surface area contributed by atoms with Gasteiger partial charge in [0, 0.05) is 41.5 Å². The van der Waals surface area contributed by atoms with Gasteiger partial charge in [-0.3, -0.25) is 4.98 Å². The summed E-state index contributed by atoms with van der Waals surface area (Å²) in [5.74, 6) is 0.157. The molecule has 0 bridgehead atoms. The Balaban J connectivity index is 1.67. The molecule has 1 fully saturated rings. The van der Waals surface area contributed by atoms with Gasteiger partial charge in [0.25, 0.3) is 0 Å². The molecule has 4 aromatic rings. The van der Waals surface area contributed by atoms with Crippen LogP contribution in [-0.2, 0) is 4.74 Å². The average Bonchev–Trinajstić information content (AvgIpc) is 2.79. The Morgan fingerprint density at radius 2 is 1.69 bits per heavy atom. The highest BCUT2D eigenvalue weighted by Gasteiger charge is 2.17. The van der Waals surface area contributed by atoms with Crippen LogP contribution < -0.4 is 10.6 Å². The molecule has 0 saturated carbocycles. The number of fused-ring (bicyclic) bond motifs is 1. The van der Waals surface area contributed by atoms with Gasteiger partial charge in [-0.25, -0.2) is 4.98 Å². The fourth-order valence-corrected chi connectivity index (χ4v) is 3.69. The van der Waals surface area contributed by atoms with Gasteiger partial charge in [0.2, 0.25) is 5.95 Å². The fourth-order valence-electron chi connectivity index (χ4n) is 3.69. The summed E-state index contributed by atoms with van der Waals surface area (Å²) < 4.78 is 5.51. The Bertz CT molecular complexity index is 1160. The van der Waals surface area contributed by atoms with Crippen molar-refractivity contribution in [1.82, 2.24) is 20.2 Å². The van der Waals surface area contributed by atoms with Gasteiger partial charge in [-0.05, 0) is 18.2 Å². The summed E-state index contributed by atoms with van der Waals surface area (Å²) in [7, 11) is 0. The number of pyridine rings is 1. The Morgan fingerprint density at radius 1 is 0.862 bits per heavy atom. The summed E-state index contributed by atoms with van der Waals surface area (Å²) >= 11 is 0. The number of aromatic nitrogens is 4. The highest BCUT2D eigenvalue weighted by Crippen LogP contribution is 2.33. The average molecular weight is 384 g/mol. The van der Waals surface area contributed by atoms with E-state index in [0.717, 1.165) is 54.0 Å². The second-order valence-corrected chi connectivity index (χ2v) is 6.89.